The molecular formula is C57H29F3N4S2. The lowest BCUT2D eigenvalue weighted by Gasteiger charge is -2.21. The fourth-order valence-corrected chi connectivity index (χ4v) is 12.7. The Morgan fingerprint density at radius 2 is 0.970 bits per heavy atom. The van der Waals surface area contributed by atoms with Crippen LogP contribution in [0.1, 0.15) is 5.56 Å². The molecule has 9 aromatic carbocycles. The minimum absolute atomic E-state index is 0.110. The fraction of sp³-hybridized carbons (Fsp3) is 0.0175. The van der Waals surface area contributed by atoms with Crippen molar-refractivity contribution >= 4 is 118 Å². The van der Waals surface area contributed by atoms with Gasteiger partial charge in [-0.3, -0.25) is 0 Å². The van der Waals surface area contributed by atoms with Crippen LogP contribution in [0.2, 0.25) is 0 Å². The highest BCUT2D eigenvalue weighted by Crippen LogP contribution is 2.50. The SMILES string of the molecule is [C-]#[N+]c1cc(C(F)(F)F)ccc1-c1ccc(-n2c3ccccc3c3c4sc5ccccc5c4ccc32)c(-c2c([N+]#[C-])cccc2-n2c3ccccc3c3c4sc5ccccc5c4ccc32)c1. The van der Waals surface area contributed by atoms with Gasteiger partial charge in [0.05, 0.1) is 40.9 Å². The van der Waals surface area contributed by atoms with E-state index in [2.05, 4.69) is 134 Å². The number of halogens is 3. The number of fused-ring (bicyclic) bond motifs is 14. The monoisotopic (exact) mass is 890 g/mol. The molecule has 310 valence electrons. The zero-order valence-corrected chi connectivity index (χ0v) is 36.1. The van der Waals surface area contributed by atoms with Gasteiger partial charge >= 0.3 is 6.18 Å². The van der Waals surface area contributed by atoms with Crippen LogP contribution in [-0.4, -0.2) is 9.13 Å². The van der Waals surface area contributed by atoms with E-state index in [0.29, 0.717) is 27.9 Å². The largest absolute Gasteiger partial charge is 0.415 e. The van der Waals surface area contributed by atoms with Crippen LogP contribution < -0.4 is 0 Å². The van der Waals surface area contributed by atoms with E-state index >= 15 is 0 Å². The Hall–Kier alpha value is -8.21. The van der Waals surface area contributed by atoms with Crippen LogP contribution in [0.3, 0.4) is 0 Å². The van der Waals surface area contributed by atoms with Crippen LogP contribution in [0.15, 0.2) is 176 Å². The predicted molar refractivity (Wildman–Crippen MR) is 269 cm³/mol. The van der Waals surface area contributed by atoms with Crippen molar-refractivity contribution < 1.29 is 13.2 Å². The second-order valence-corrected chi connectivity index (χ2v) is 18.5. The van der Waals surface area contributed by atoms with Gasteiger partial charge in [0.15, 0.2) is 11.4 Å². The van der Waals surface area contributed by atoms with Crippen LogP contribution in [-0.2, 0) is 6.18 Å². The molecule has 0 saturated carbocycles. The molecule has 0 aliphatic rings. The summed E-state index contributed by atoms with van der Waals surface area (Å²) in [7, 11) is 0. The minimum atomic E-state index is -4.61. The van der Waals surface area contributed by atoms with Gasteiger partial charge in [-0.1, -0.05) is 115 Å². The number of benzene rings is 9. The highest BCUT2D eigenvalue weighted by molar-refractivity contribution is 7.27. The molecule has 0 N–H and O–H groups in total. The third-order valence-corrected chi connectivity index (χ3v) is 15.4. The van der Waals surface area contributed by atoms with E-state index in [1.165, 1.54) is 46.4 Å². The van der Waals surface area contributed by atoms with Crippen LogP contribution in [0.5, 0.6) is 0 Å². The highest BCUT2D eigenvalue weighted by Gasteiger charge is 2.31. The summed E-state index contributed by atoms with van der Waals surface area (Å²) in [5.74, 6) is 0. The molecule has 0 radical (unpaired) electrons. The number of para-hydroxylation sites is 2. The van der Waals surface area contributed by atoms with Crippen LogP contribution >= 0.6 is 22.7 Å². The number of nitrogens with zero attached hydrogens (tertiary/aromatic N) is 4. The van der Waals surface area contributed by atoms with Crippen LogP contribution in [0, 0.1) is 13.1 Å². The molecular weight excluding hydrogens is 862 g/mol. The topological polar surface area (TPSA) is 18.6 Å². The maximum atomic E-state index is 14.0. The lowest BCUT2D eigenvalue weighted by atomic mass is 9.93. The first-order valence-corrected chi connectivity index (χ1v) is 22.9. The number of rotatable bonds is 4. The Labute approximate surface area is 382 Å². The molecule has 9 heteroatoms. The highest BCUT2D eigenvalue weighted by atomic mass is 32.1. The van der Waals surface area contributed by atoms with Crippen LogP contribution in [0.25, 0.3) is 127 Å². The van der Waals surface area contributed by atoms with Crippen LogP contribution in [0.4, 0.5) is 24.5 Å². The maximum absolute atomic E-state index is 14.0. The Bertz CT molecular complexity index is 4320. The summed E-state index contributed by atoms with van der Waals surface area (Å²) in [6.07, 6.45) is -4.61. The van der Waals surface area contributed by atoms with Crippen molar-refractivity contribution in [3.63, 3.8) is 0 Å². The van der Waals surface area contributed by atoms with E-state index < -0.39 is 11.7 Å². The number of hydrogen-bond acceptors (Lipinski definition) is 2. The zero-order chi connectivity index (χ0) is 44.4. The molecule has 0 fully saturated rings. The number of hydrogen-bond donors (Lipinski definition) is 0. The van der Waals surface area contributed by atoms with Crippen molar-refractivity contribution in [3.05, 3.63) is 204 Å². The van der Waals surface area contributed by atoms with Gasteiger partial charge in [-0.15, -0.1) is 22.7 Å². The van der Waals surface area contributed by atoms with E-state index in [9.17, 15) is 13.2 Å². The third-order valence-electron chi connectivity index (χ3n) is 13.0. The Kier molecular flexibility index (Phi) is 8.20. The second-order valence-electron chi connectivity index (χ2n) is 16.4. The molecule has 13 rings (SSSR count). The Balaban J connectivity index is 1.16. The minimum Gasteiger partial charge on any atom is -0.310 e. The van der Waals surface area contributed by atoms with E-state index in [0.717, 1.165) is 67.1 Å². The van der Waals surface area contributed by atoms with E-state index in [-0.39, 0.29) is 5.69 Å². The quantitative estimate of drug-likeness (QED) is 0.157. The summed E-state index contributed by atoms with van der Waals surface area (Å²) >= 11 is 3.54. The summed E-state index contributed by atoms with van der Waals surface area (Å²) < 4.78 is 51.4. The predicted octanol–water partition coefficient (Wildman–Crippen LogP) is 18.1. The molecule has 0 atom stereocenters. The first kappa shape index (κ1) is 38.3. The summed E-state index contributed by atoms with van der Waals surface area (Å²) in [5.41, 5.74) is 7.15. The molecule has 0 aliphatic carbocycles. The first-order valence-electron chi connectivity index (χ1n) is 21.2. The van der Waals surface area contributed by atoms with Gasteiger partial charge in [-0.25, -0.2) is 9.69 Å². The fourth-order valence-electron chi connectivity index (χ4n) is 10.2. The van der Waals surface area contributed by atoms with Gasteiger partial charge in [0, 0.05) is 78.7 Å². The number of aromatic nitrogens is 2. The molecule has 4 heterocycles. The van der Waals surface area contributed by atoms with Crippen molar-refractivity contribution in [1.82, 2.24) is 9.13 Å². The molecule has 13 aromatic rings. The van der Waals surface area contributed by atoms with Gasteiger partial charge in [-0.2, -0.15) is 13.2 Å². The summed E-state index contributed by atoms with van der Waals surface area (Å²) in [5, 5.41) is 9.16. The summed E-state index contributed by atoms with van der Waals surface area (Å²) in [4.78, 5) is 7.82. The second kappa shape index (κ2) is 14.1. The number of alkyl halides is 3. The molecule has 0 aliphatic heterocycles. The van der Waals surface area contributed by atoms with Crippen molar-refractivity contribution in [2.24, 2.45) is 0 Å². The molecule has 0 saturated heterocycles. The molecule has 0 unspecified atom stereocenters. The maximum Gasteiger partial charge on any atom is 0.415 e. The van der Waals surface area contributed by atoms with Crippen molar-refractivity contribution in [3.8, 4) is 33.6 Å². The summed E-state index contributed by atoms with van der Waals surface area (Å²) in [6, 6.07) is 57.4. The first-order chi connectivity index (χ1) is 32.3. The molecule has 0 amide bonds. The Morgan fingerprint density at radius 1 is 0.424 bits per heavy atom. The van der Waals surface area contributed by atoms with Crippen molar-refractivity contribution in [2.45, 2.75) is 6.18 Å². The Morgan fingerprint density at radius 3 is 1.55 bits per heavy atom. The van der Waals surface area contributed by atoms with Gasteiger partial charge < -0.3 is 9.13 Å². The van der Waals surface area contributed by atoms with Gasteiger partial charge in [0.2, 0.25) is 0 Å². The molecule has 4 nitrogen and oxygen atoms in total. The molecule has 0 spiro atoms. The lowest BCUT2D eigenvalue weighted by molar-refractivity contribution is -0.137. The summed E-state index contributed by atoms with van der Waals surface area (Å²) in [6.45, 7) is 16.8. The third kappa shape index (κ3) is 5.42. The average molecular weight is 891 g/mol. The lowest BCUT2D eigenvalue weighted by Crippen LogP contribution is -2.04. The van der Waals surface area contributed by atoms with E-state index in [1.54, 1.807) is 22.7 Å². The van der Waals surface area contributed by atoms with E-state index in [1.807, 2.05) is 42.5 Å². The van der Waals surface area contributed by atoms with Gasteiger partial charge in [0.25, 0.3) is 0 Å². The van der Waals surface area contributed by atoms with E-state index in [4.69, 9.17) is 13.1 Å². The molecule has 4 aromatic heterocycles. The van der Waals surface area contributed by atoms with Crippen molar-refractivity contribution in [1.29, 1.82) is 0 Å². The zero-order valence-electron chi connectivity index (χ0n) is 34.5. The molecule has 66 heavy (non-hydrogen) atoms. The average Bonchev–Trinajstić information content (AvgIpc) is 4.10. The normalized spacial score (nSPS) is 12.1. The van der Waals surface area contributed by atoms with Gasteiger partial charge in [0.1, 0.15) is 0 Å². The number of thiophene rings is 2. The molecule has 0 bridgehead atoms. The smallest absolute Gasteiger partial charge is 0.310 e. The van der Waals surface area contributed by atoms with Gasteiger partial charge in [-0.05, 0) is 77.4 Å². The standard InChI is InChI=1S/C57H29F3N4S2/c1-61-42-16-11-19-47(64-45-18-8-4-15-40(45)54-49(64)29-26-38-36-13-6-10-21-51(36)66-56(38)54)52(42)41-30-32(34-24-23-33(57(58,59)60)31-43(34)62-2)22-27-46(41)63-44-17-7-3-14-39(44)53-48(63)28-25-37-35-12-5-9-20-50(35)65-55(37)53/h3-31H. The van der Waals surface area contributed by atoms with Crippen molar-refractivity contribution in [2.75, 3.05) is 0 Å².